The first-order valence-electron chi connectivity index (χ1n) is 8.61. The number of hydrogen-bond acceptors (Lipinski definition) is 6. The number of pyridine rings is 1. The molecule has 134 valence electrons. The van der Waals surface area contributed by atoms with Crippen LogP contribution in [0.2, 0.25) is 0 Å². The second kappa shape index (κ2) is 7.56. The molecule has 2 unspecified atom stereocenters. The number of nitrogens with zero attached hydrogens (tertiary/aromatic N) is 4. The fourth-order valence-electron chi connectivity index (χ4n) is 3.35. The molecule has 3 aromatic rings. The van der Waals surface area contributed by atoms with Crippen LogP contribution in [0.25, 0.3) is 10.4 Å². The third-order valence-corrected chi connectivity index (χ3v) is 5.67. The Labute approximate surface area is 161 Å². The van der Waals surface area contributed by atoms with Crippen molar-refractivity contribution in [3.05, 3.63) is 66.6 Å². The number of aromatic nitrogens is 2. The van der Waals surface area contributed by atoms with E-state index in [0.29, 0.717) is 18.2 Å². The van der Waals surface area contributed by atoms with Crippen LogP contribution in [-0.2, 0) is 4.79 Å². The fraction of sp³-hybridized carbons (Fsp3) is 0.200. The van der Waals surface area contributed by atoms with Gasteiger partial charge in [-0.3, -0.25) is 9.78 Å². The number of nitriles is 1. The monoisotopic (exact) mass is 375 g/mol. The molecule has 3 heterocycles. The molecule has 1 N–H and O–H groups in total. The van der Waals surface area contributed by atoms with Gasteiger partial charge >= 0.3 is 0 Å². The van der Waals surface area contributed by atoms with E-state index in [0.717, 1.165) is 16.0 Å². The molecular weight excluding hydrogens is 358 g/mol. The maximum Gasteiger partial charge on any atom is 0.231 e. The molecule has 1 aromatic carbocycles. The second-order valence-corrected chi connectivity index (χ2v) is 7.42. The molecule has 4 rings (SSSR count). The molecule has 1 amide bonds. The number of anilines is 1. The molecular formula is C20H17N5OS. The minimum atomic E-state index is -0.321. The number of carbonyl (C=O) groups excluding carboxylic acids is 1. The third-order valence-electron chi connectivity index (χ3n) is 4.70. The average Bonchev–Trinajstić information content (AvgIpc) is 3.36. The molecule has 1 saturated heterocycles. The van der Waals surface area contributed by atoms with E-state index in [1.807, 2.05) is 42.5 Å². The van der Waals surface area contributed by atoms with Gasteiger partial charge in [-0.05, 0) is 17.2 Å². The summed E-state index contributed by atoms with van der Waals surface area (Å²) in [5, 5.41) is 12.8. The summed E-state index contributed by atoms with van der Waals surface area (Å²) >= 11 is 1.44. The van der Waals surface area contributed by atoms with E-state index >= 15 is 0 Å². The predicted molar refractivity (Wildman–Crippen MR) is 104 cm³/mol. The zero-order valence-corrected chi connectivity index (χ0v) is 15.3. The van der Waals surface area contributed by atoms with E-state index in [1.165, 1.54) is 11.3 Å². The van der Waals surface area contributed by atoms with Crippen molar-refractivity contribution in [2.24, 2.45) is 5.92 Å². The zero-order valence-electron chi connectivity index (χ0n) is 14.4. The highest BCUT2D eigenvalue weighted by Gasteiger charge is 2.38. The maximum absolute atomic E-state index is 12.9. The number of hydrogen-bond donors (Lipinski definition) is 1. The van der Waals surface area contributed by atoms with Gasteiger partial charge in [0.05, 0.1) is 10.8 Å². The second-order valence-electron chi connectivity index (χ2n) is 6.39. The number of nitrogens with one attached hydrogen (secondary N) is 1. The van der Waals surface area contributed by atoms with Crippen molar-refractivity contribution >= 4 is 22.4 Å². The molecule has 1 aliphatic heterocycles. The van der Waals surface area contributed by atoms with Gasteiger partial charge in [0.15, 0.2) is 11.3 Å². The lowest BCUT2D eigenvalue weighted by Crippen LogP contribution is -2.28. The van der Waals surface area contributed by atoms with E-state index in [1.54, 1.807) is 23.5 Å². The van der Waals surface area contributed by atoms with Crippen LogP contribution in [0, 0.1) is 17.4 Å². The van der Waals surface area contributed by atoms with Gasteiger partial charge in [-0.25, -0.2) is 4.98 Å². The number of thiazole rings is 1. The van der Waals surface area contributed by atoms with Crippen LogP contribution in [0.4, 0.5) is 5.13 Å². The molecule has 1 aliphatic rings. The Balaban J connectivity index is 1.52. The lowest BCUT2D eigenvalue weighted by molar-refractivity contribution is -0.119. The first kappa shape index (κ1) is 17.2. The Bertz CT molecular complexity index is 967. The van der Waals surface area contributed by atoms with Crippen molar-refractivity contribution in [1.29, 1.82) is 5.26 Å². The minimum absolute atomic E-state index is 0.0631. The van der Waals surface area contributed by atoms with Gasteiger partial charge in [0.2, 0.25) is 5.91 Å². The highest BCUT2D eigenvalue weighted by molar-refractivity contribution is 7.19. The quantitative estimate of drug-likeness (QED) is 0.707. The number of rotatable bonds is 4. The van der Waals surface area contributed by atoms with Crippen molar-refractivity contribution in [3.8, 4) is 16.6 Å². The van der Waals surface area contributed by atoms with Crippen LogP contribution in [-0.4, -0.2) is 33.9 Å². The summed E-state index contributed by atoms with van der Waals surface area (Å²) in [6.07, 6.45) is 7.40. The van der Waals surface area contributed by atoms with Crippen molar-refractivity contribution in [3.63, 3.8) is 0 Å². The Morgan fingerprint density at radius 2 is 2.04 bits per heavy atom. The van der Waals surface area contributed by atoms with Crippen LogP contribution in [0.15, 0.2) is 61.1 Å². The molecule has 1 fully saturated rings. The SMILES string of the molecule is N#CN1CC(C(=O)Nc2ncc(-c3ccccc3)s2)C(c2cccnc2)C1. The van der Waals surface area contributed by atoms with Gasteiger partial charge in [0.25, 0.3) is 0 Å². The Kier molecular flexibility index (Phi) is 4.81. The standard InChI is InChI=1S/C20H17N5OS/c21-13-25-11-16(15-7-4-8-22-9-15)17(12-25)19(26)24-20-23-10-18(27-20)14-5-2-1-3-6-14/h1-10,16-17H,11-12H2,(H,23,24,26). The van der Waals surface area contributed by atoms with Gasteiger partial charge in [-0.15, -0.1) is 0 Å². The van der Waals surface area contributed by atoms with Gasteiger partial charge in [0, 0.05) is 37.6 Å². The number of carbonyl (C=O) groups is 1. The molecule has 2 atom stereocenters. The molecule has 0 aliphatic carbocycles. The number of benzene rings is 1. The van der Waals surface area contributed by atoms with E-state index in [9.17, 15) is 10.1 Å². The van der Waals surface area contributed by atoms with Gasteiger partial charge in [0.1, 0.15) is 0 Å². The highest BCUT2D eigenvalue weighted by atomic mass is 32.1. The first-order valence-corrected chi connectivity index (χ1v) is 9.43. The van der Waals surface area contributed by atoms with E-state index in [4.69, 9.17) is 0 Å². The fourth-order valence-corrected chi connectivity index (χ4v) is 4.17. The molecule has 0 spiro atoms. The van der Waals surface area contributed by atoms with E-state index in [-0.39, 0.29) is 17.7 Å². The molecule has 0 radical (unpaired) electrons. The lowest BCUT2D eigenvalue weighted by atomic mass is 9.89. The largest absolute Gasteiger partial charge is 0.309 e. The van der Waals surface area contributed by atoms with Crippen LogP contribution >= 0.6 is 11.3 Å². The van der Waals surface area contributed by atoms with Crippen molar-refractivity contribution in [2.75, 3.05) is 18.4 Å². The van der Waals surface area contributed by atoms with E-state index in [2.05, 4.69) is 21.5 Å². The first-order chi connectivity index (χ1) is 13.2. The summed E-state index contributed by atoms with van der Waals surface area (Å²) in [5.74, 6) is -0.500. The third kappa shape index (κ3) is 3.66. The normalized spacial score (nSPS) is 18.9. The molecule has 0 bridgehead atoms. The Morgan fingerprint density at radius 1 is 1.19 bits per heavy atom. The predicted octanol–water partition coefficient (Wildman–Crippen LogP) is 3.34. The summed E-state index contributed by atoms with van der Waals surface area (Å²) in [4.78, 5) is 24.0. The summed E-state index contributed by atoms with van der Waals surface area (Å²) < 4.78 is 0. The summed E-state index contributed by atoms with van der Waals surface area (Å²) in [6, 6.07) is 13.7. The van der Waals surface area contributed by atoms with Gasteiger partial charge in [-0.2, -0.15) is 5.26 Å². The van der Waals surface area contributed by atoms with Crippen LogP contribution < -0.4 is 5.32 Å². The maximum atomic E-state index is 12.9. The topological polar surface area (TPSA) is 81.9 Å². The molecule has 27 heavy (non-hydrogen) atoms. The number of amides is 1. The lowest BCUT2D eigenvalue weighted by Gasteiger charge is -2.16. The van der Waals surface area contributed by atoms with Crippen LogP contribution in [0.5, 0.6) is 0 Å². The van der Waals surface area contributed by atoms with Crippen molar-refractivity contribution in [2.45, 2.75) is 5.92 Å². The molecule has 2 aromatic heterocycles. The summed E-state index contributed by atoms with van der Waals surface area (Å²) in [5.41, 5.74) is 2.04. The van der Waals surface area contributed by atoms with Crippen molar-refractivity contribution < 1.29 is 4.79 Å². The minimum Gasteiger partial charge on any atom is -0.309 e. The van der Waals surface area contributed by atoms with Crippen molar-refractivity contribution in [1.82, 2.24) is 14.9 Å². The highest BCUT2D eigenvalue weighted by Crippen LogP contribution is 2.34. The molecule has 0 saturated carbocycles. The number of likely N-dealkylation sites (tertiary alicyclic amines) is 1. The van der Waals surface area contributed by atoms with Gasteiger partial charge < -0.3 is 10.2 Å². The molecule has 6 nitrogen and oxygen atoms in total. The average molecular weight is 375 g/mol. The van der Waals surface area contributed by atoms with Crippen LogP contribution in [0.3, 0.4) is 0 Å². The van der Waals surface area contributed by atoms with Crippen LogP contribution in [0.1, 0.15) is 11.5 Å². The van der Waals surface area contributed by atoms with Gasteiger partial charge in [-0.1, -0.05) is 47.7 Å². The smallest absolute Gasteiger partial charge is 0.231 e. The van der Waals surface area contributed by atoms with E-state index < -0.39 is 0 Å². The zero-order chi connectivity index (χ0) is 18.6. The Morgan fingerprint density at radius 3 is 2.78 bits per heavy atom. The molecule has 7 heteroatoms. The summed E-state index contributed by atoms with van der Waals surface area (Å²) in [6.45, 7) is 0.923. The summed E-state index contributed by atoms with van der Waals surface area (Å²) in [7, 11) is 0. The Hall–Kier alpha value is -3.24.